The molecule has 2 fully saturated rings. The highest BCUT2D eigenvalue weighted by molar-refractivity contribution is 5.99. The number of Topliss-reactive ketones (excluding diaryl/α,β-unsaturated/α-hetero) is 1. The van der Waals surface area contributed by atoms with E-state index < -0.39 is 0 Å². The monoisotopic (exact) mass is 539 g/mol. The molecule has 2 heterocycles. The molecular weight excluding hydrogens is 498 g/mol. The fourth-order valence-electron chi connectivity index (χ4n) is 5.84. The van der Waals surface area contributed by atoms with Gasteiger partial charge in [-0.15, -0.1) is 0 Å². The van der Waals surface area contributed by atoms with E-state index in [0.717, 1.165) is 62.3 Å². The predicted octanol–water partition coefficient (Wildman–Crippen LogP) is 5.45. The van der Waals surface area contributed by atoms with Crippen molar-refractivity contribution >= 4 is 29.4 Å². The van der Waals surface area contributed by atoms with Gasteiger partial charge in [0.1, 0.15) is 0 Å². The Morgan fingerprint density at radius 3 is 2.62 bits per heavy atom. The largest absolute Gasteiger partial charge is 0.340 e. The van der Waals surface area contributed by atoms with Crippen molar-refractivity contribution in [1.29, 1.82) is 0 Å². The summed E-state index contributed by atoms with van der Waals surface area (Å²) in [5.74, 6) is 1.05. The molecule has 6 nitrogen and oxygen atoms in total. The summed E-state index contributed by atoms with van der Waals surface area (Å²) in [4.78, 5) is 41.9. The summed E-state index contributed by atoms with van der Waals surface area (Å²) in [7, 11) is 0. The maximum atomic E-state index is 13.2. The fourth-order valence-corrected chi connectivity index (χ4v) is 5.84. The lowest BCUT2D eigenvalue weighted by atomic mass is 9.98. The highest BCUT2D eigenvalue weighted by Gasteiger charge is 2.45. The van der Waals surface area contributed by atoms with Crippen LogP contribution in [-0.2, 0) is 22.4 Å². The topological polar surface area (TPSA) is 69.7 Å². The summed E-state index contributed by atoms with van der Waals surface area (Å²) in [6.07, 6.45) is 8.74. The molecule has 2 atom stereocenters. The van der Waals surface area contributed by atoms with Crippen LogP contribution in [0.3, 0.4) is 0 Å². The van der Waals surface area contributed by atoms with Crippen molar-refractivity contribution in [3.63, 3.8) is 0 Å². The van der Waals surface area contributed by atoms with Crippen LogP contribution in [-0.4, -0.2) is 60.1 Å². The molecule has 1 saturated carbocycles. The summed E-state index contributed by atoms with van der Waals surface area (Å²) in [5, 5.41) is 2.87. The Morgan fingerprint density at radius 2 is 1.88 bits per heavy atom. The first-order valence-electron chi connectivity index (χ1n) is 14.7. The van der Waals surface area contributed by atoms with Crippen LogP contribution in [0.5, 0.6) is 0 Å². The molecule has 2 amide bonds. The van der Waals surface area contributed by atoms with Crippen molar-refractivity contribution in [3.8, 4) is 0 Å². The average molecular weight is 540 g/mol. The first-order chi connectivity index (χ1) is 19.3. The summed E-state index contributed by atoms with van der Waals surface area (Å²) in [5.41, 5.74) is 7.49. The van der Waals surface area contributed by atoms with Gasteiger partial charge >= 0.3 is 0 Å². The van der Waals surface area contributed by atoms with E-state index >= 15 is 0 Å². The van der Waals surface area contributed by atoms with Crippen LogP contribution in [0.2, 0.25) is 0 Å². The number of carbonyl (C=O) groups excluding carboxylic acids is 3. The molecule has 2 aromatic rings. The third kappa shape index (κ3) is 6.79. The molecule has 1 saturated heterocycles. The number of hydrogen-bond donors (Lipinski definition) is 1. The number of nitrogens with one attached hydrogen (secondary N) is 1. The molecule has 1 aliphatic carbocycles. The van der Waals surface area contributed by atoms with Gasteiger partial charge in [0.2, 0.25) is 11.8 Å². The van der Waals surface area contributed by atoms with Crippen molar-refractivity contribution in [3.05, 3.63) is 82.4 Å². The third-order valence-electron chi connectivity index (χ3n) is 8.69. The number of allylic oxidation sites excluding steroid dienone is 2. The summed E-state index contributed by atoms with van der Waals surface area (Å²) >= 11 is 0. The van der Waals surface area contributed by atoms with Crippen LogP contribution < -0.4 is 5.32 Å². The number of benzene rings is 2. The predicted molar refractivity (Wildman–Crippen MR) is 160 cm³/mol. The Balaban J connectivity index is 1.04. The lowest BCUT2D eigenvalue weighted by Crippen LogP contribution is -2.49. The zero-order valence-corrected chi connectivity index (χ0v) is 23.9. The minimum Gasteiger partial charge on any atom is -0.340 e. The maximum Gasteiger partial charge on any atom is 0.226 e. The Kier molecular flexibility index (Phi) is 8.65. The lowest BCUT2D eigenvalue weighted by molar-refractivity contribution is -0.134. The summed E-state index contributed by atoms with van der Waals surface area (Å²) in [6.45, 7) is 12.1. The second kappa shape index (κ2) is 12.3. The number of aryl methyl sites for hydroxylation is 2. The molecule has 5 rings (SSSR count). The molecular formula is C34H41N3O3. The van der Waals surface area contributed by atoms with E-state index in [4.69, 9.17) is 0 Å². The highest BCUT2D eigenvalue weighted by Crippen LogP contribution is 2.42. The Bertz CT molecular complexity index is 1340. The van der Waals surface area contributed by atoms with Crippen molar-refractivity contribution in [2.24, 2.45) is 11.8 Å². The van der Waals surface area contributed by atoms with Gasteiger partial charge in [0.25, 0.3) is 0 Å². The zero-order chi connectivity index (χ0) is 28.2. The molecule has 6 heteroatoms. The first kappa shape index (κ1) is 28.0. The number of amides is 2. The van der Waals surface area contributed by atoms with Crippen molar-refractivity contribution in [1.82, 2.24) is 9.80 Å². The fraction of sp³-hybridized carbons (Fsp3) is 0.441. The molecule has 40 heavy (non-hydrogen) atoms. The smallest absolute Gasteiger partial charge is 0.226 e. The number of anilines is 1. The highest BCUT2D eigenvalue weighted by atomic mass is 16.2. The van der Waals surface area contributed by atoms with Crippen LogP contribution in [0.1, 0.15) is 65.2 Å². The molecule has 1 N–H and O–H groups in total. The van der Waals surface area contributed by atoms with E-state index in [1.54, 1.807) is 0 Å². The van der Waals surface area contributed by atoms with Crippen molar-refractivity contribution in [2.75, 3.05) is 38.0 Å². The first-order valence-corrected chi connectivity index (χ1v) is 14.7. The molecule has 2 aliphatic heterocycles. The van der Waals surface area contributed by atoms with E-state index in [1.165, 1.54) is 16.7 Å². The second-order valence-electron chi connectivity index (χ2n) is 11.6. The average Bonchev–Trinajstić information content (AvgIpc) is 3.73. The van der Waals surface area contributed by atoms with Crippen LogP contribution in [0, 0.1) is 18.8 Å². The SMILES string of the molecule is C=C(/C=C\c1ccc(CC2CC2C(=O)N2CCN(CCC(=O)c3ccc4c(c3)CCC(=O)N4)CC2)cc1C)CC. The van der Waals surface area contributed by atoms with Gasteiger partial charge in [-0.25, -0.2) is 0 Å². The van der Waals surface area contributed by atoms with Gasteiger partial charge in [0.15, 0.2) is 5.78 Å². The molecule has 0 bridgehead atoms. The number of nitrogens with zero attached hydrogens (tertiary/aromatic N) is 2. The number of rotatable bonds is 10. The minimum atomic E-state index is 0.0320. The number of piperazine rings is 1. The van der Waals surface area contributed by atoms with Crippen LogP contribution in [0.15, 0.2) is 54.6 Å². The Labute approximate surface area is 238 Å². The number of ketones is 1. The summed E-state index contributed by atoms with van der Waals surface area (Å²) < 4.78 is 0. The van der Waals surface area contributed by atoms with E-state index in [-0.39, 0.29) is 17.6 Å². The maximum absolute atomic E-state index is 13.2. The van der Waals surface area contributed by atoms with E-state index in [1.807, 2.05) is 23.1 Å². The van der Waals surface area contributed by atoms with Gasteiger partial charge in [-0.3, -0.25) is 19.3 Å². The molecule has 0 radical (unpaired) electrons. The van der Waals surface area contributed by atoms with Crippen molar-refractivity contribution in [2.45, 2.75) is 52.4 Å². The van der Waals surface area contributed by atoms with Gasteiger partial charge in [0, 0.05) is 62.7 Å². The number of hydrogen-bond acceptors (Lipinski definition) is 4. The minimum absolute atomic E-state index is 0.0320. The van der Waals surface area contributed by atoms with Crippen LogP contribution >= 0.6 is 0 Å². The number of fused-ring (bicyclic) bond motifs is 1. The number of carbonyl (C=O) groups is 3. The quantitative estimate of drug-likeness (QED) is 0.322. The van der Waals surface area contributed by atoms with Gasteiger partial charge < -0.3 is 10.2 Å². The Morgan fingerprint density at radius 1 is 1.07 bits per heavy atom. The molecule has 2 unspecified atom stereocenters. The van der Waals surface area contributed by atoms with Gasteiger partial charge in [0.05, 0.1) is 0 Å². The zero-order valence-electron chi connectivity index (χ0n) is 23.9. The Hall–Kier alpha value is -3.51. The molecule has 3 aliphatic rings. The second-order valence-corrected chi connectivity index (χ2v) is 11.6. The molecule has 0 aromatic heterocycles. The third-order valence-corrected chi connectivity index (χ3v) is 8.69. The molecule has 0 spiro atoms. The van der Waals surface area contributed by atoms with Gasteiger partial charge in [-0.2, -0.15) is 0 Å². The standard InChI is InChI=1S/C34H41N3O3/c1-4-23(2)5-7-26-8-6-25(19-24(26)3)20-29-22-30(29)34(40)37-17-15-36(16-18-37)14-13-32(38)28-9-11-31-27(21-28)10-12-33(39)35-31/h5-9,11,19,21,29-30H,2,4,10,12-18,20,22H2,1,3H3,(H,35,39)/b7-5-. The van der Waals surface area contributed by atoms with E-state index in [0.29, 0.717) is 43.2 Å². The van der Waals surface area contributed by atoms with E-state index in [9.17, 15) is 14.4 Å². The summed E-state index contributed by atoms with van der Waals surface area (Å²) in [6, 6.07) is 12.2. The van der Waals surface area contributed by atoms with Crippen LogP contribution in [0.25, 0.3) is 6.08 Å². The van der Waals surface area contributed by atoms with Crippen LogP contribution in [0.4, 0.5) is 5.69 Å². The lowest BCUT2D eigenvalue weighted by Gasteiger charge is -2.34. The van der Waals surface area contributed by atoms with Gasteiger partial charge in [-0.1, -0.05) is 49.4 Å². The molecule has 2 aromatic carbocycles. The van der Waals surface area contributed by atoms with Gasteiger partial charge in [-0.05, 0) is 79.0 Å². The molecule has 210 valence electrons. The van der Waals surface area contributed by atoms with Crippen molar-refractivity contribution < 1.29 is 14.4 Å². The van der Waals surface area contributed by atoms with E-state index in [2.05, 4.69) is 61.0 Å². The normalized spacial score (nSPS) is 20.8.